The van der Waals surface area contributed by atoms with Crippen molar-refractivity contribution in [1.82, 2.24) is 0 Å². The standard InChI is InChI=1S/C12H18/c1-2-4-10-5-3-6-11-9-12(11)8-7-10/h3,11-12H,2,4,6-9H2,1H3. The normalized spacial score (nSPS) is 33.2. The van der Waals surface area contributed by atoms with Crippen molar-refractivity contribution in [3.63, 3.8) is 0 Å². The van der Waals surface area contributed by atoms with Crippen molar-refractivity contribution in [3.05, 3.63) is 17.4 Å². The Labute approximate surface area is 75.4 Å². The molecular formula is C12H18. The molecule has 0 radical (unpaired) electrons. The maximum Gasteiger partial charge on any atom is -0.0241 e. The lowest BCUT2D eigenvalue weighted by atomic mass is 10.0. The first-order valence-electron chi connectivity index (χ1n) is 5.33. The fourth-order valence-corrected chi connectivity index (χ4v) is 2.24. The summed E-state index contributed by atoms with van der Waals surface area (Å²) in [6.45, 7) is 2.26. The lowest BCUT2D eigenvalue weighted by molar-refractivity contribution is 0.627. The van der Waals surface area contributed by atoms with Gasteiger partial charge in [-0.1, -0.05) is 13.3 Å². The highest BCUT2D eigenvalue weighted by Gasteiger charge is 2.35. The molecule has 0 aliphatic heterocycles. The highest BCUT2D eigenvalue weighted by atomic mass is 14.4. The number of hydrogen-bond donors (Lipinski definition) is 0. The monoisotopic (exact) mass is 162 g/mol. The summed E-state index contributed by atoms with van der Waals surface area (Å²) in [5, 5.41) is 0. The zero-order valence-electron chi connectivity index (χ0n) is 7.97. The number of allylic oxidation sites excluding steroid dienone is 1. The van der Waals surface area contributed by atoms with Gasteiger partial charge in [0, 0.05) is 0 Å². The van der Waals surface area contributed by atoms with E-state index in [9.17, 15) is 0 Å². The fourth-order valence-electron chi connectivity index (χ4n) is 2.24. The van der Waals surface area contributed by atoms with Crippen LogP contribution in [-0.2, 0) is 0 Å². The Bertz CT molecular complexity index is 218. The summed E-state index contributed by atoms with van der Waals surface area (Å²) in [4.78, 5) is 0. The van der Waals surface area contributed by atoms with E-state index in [0.29, 0.717) is 0 Å². The third-order valence-electron chi connectivity index (χ3n) is 3.16. The minimum atomic E-state index is 1.04. The summed E-state index contributed by atoms with van der Waals surface area (Å²) in [5.41, 5.74) is 5.04. The van der Waals surface area contributed by atoms with Gasteiger partial charge in [0.2, 0.25) is 0 Å². The molecule has 2 rings (SSSR count). The van der Waals surface area contributed by atoms with Crippen LogP contribution in [0.2, 0.25) is 0 Å². The minimum Gasteiger partial charge on any atom is -0.126 e. The van der Waals surface area contributed by atoms with Gasteiger partial charge in [0.1, 0.15) is 0 Å². The van der Waals surface area contributed by atoms with Crippen molar-refractivity contribution in [2.75, 3.05) is 0 Å². The van der Waals surface area contributed by atoms with Gasteiger partial charge in [0.25, 0.3) is 0 Å². The Morgan fingerprint density at radius 1 is 1.50 bits per heavy atom. The van der Waals surface area contributed by atoms with E-state index in [2.05, 4.69) is 18.7 Å². The van der Waals surface area contributed by atoms with E-state index < -0.39 is 0 Å². The molecule has 2 atom stereocenters. The molecule has 2 aliphatic rings. The molecule has 0 heteroatoms. The molecule has 0 bridgehead atoms. The Balaban J connectivity index is 1.98. The highest BCUT2D eigenvalue weighted by molar-refractivity contribution is 5.07. The largest absolute Gasteiger partial charge is 0.126 e. The highest BCUT2D eigenvalue weighted by Crippen LogP contribution is 2.46. The maximum absolute atomic E-state index is 3.47. The van der Waals surface area contributed by atoms with Crippen LogP contribution in [-0.4, -0.2) is 0 Å². The molecule has 0 heterocycles. The van der Waals surface area contributed by atoms with Crippen LogP contribution in [0.25, 0.3) is 0 Å². The molecule has 0 amide bonds. The Hall–Kier alpha value is -0.480. The van der Waals surface area contributed by atoms with E-state index in [4.69, 9.17) is 0 Å². The number of rotatable bonds is 2. The van der Waals surface area contributed by atoms with Crippen LogP contribution in [0, 0.1) is 11.8 Å². The van der Waals surface area contributed by atoms with Gasteiger partial charge in [-0.2, -0.15) is 0 Å². The fraction of sp³-hybridized carbons (Fsp3) is 0.750. The molecule has 12 heavy (non-hydrogen) atoms. The van der Waals surface area contributed by atoms with Crippen LogP contribution in [0.3, 0.4) is 0 Å². The predicted molar refractivity (Wildman–Crippen MR) is 52.0 cm³/mol. The molecule has 0 N–H and O–H groups in total. The molecule has 0 saturated heterocycles. The summed E-state index contributed by atoms with van der Waals surface area (Å²) in [5.74, 6) is 2.12. The van der Waals surface area contributed by atoms with Gasteiger partial charge in [-0.3, -0.25) is 0 Å². The van der Waals surface area contributed by atoms with Crippen LogP contribution in [0.4, 0.5) is 0 Å². The smallest absolute Gasteiger partial charge is 0.0241 e. The Kier molecular flexibility index (Phi) is 2.37. The Morgan fingerprint density at radius 3 is 3.25 bits per heavy atom. The second-order valence-electron chi connectivity index (χ2n) is 4.23. The summed E-state index contributed by atoms with van der Waals surface area (Å²) < 4.78 is 0. The van der Waals surface area contributed by atoms with E-state index in [0.717, 1.165) is 11.8 Å². The van der Waals surface area contributed by atoms with E-state index in [1.54, 1.807) is 5.57 Å². The van der Waals surface area contributed by atoms with Gasteiger partial charge < -0.3 is 0 Å². The quantitative estimate of drug-likeness (QED) is 0.543. The zero-order chi connectivity index (χ0) is 8.39. The molecule has 0 aromatic heterocycles. The van der Waals surface area contributed by atoms with Crippen LogP contribution in [0.5, 0.6) is 0 Å². The van der Waals surface area contributed by atoms with E-state index in [1.807, 2.05) is 0 Å². The van der Waals surface area contributed by atoms with Crippen LogP contribution in [0.15, 0.2) is 17.4 Å². The van der Waals surface area contributed by atoms with E-state index in [-0.39, 0.29) is 0 Å². The Morgan fingerprint density at radius 2 is 2.42 bits per heavy atom. The third-order valence-corrected chi connectivity index (χ3v) is 3.16. The maximum atomic E-state index is 3.47. The molecule has 1 saturated carbocycles. The van der Waals surface area contributed by atoms with Gasteiger partial charge in [0.15, 0.2) is 0 Å². The summed E-state index contributed by atoms with van der Waals surface area (Å²) in [6, 6.07) is 0. The zero-order valence-corrected chi connectivity index (χ0v) is 7.97. The second-order valence-corrected chi connectivity index (χ2v) is 4.23. The first-order chi connectivity index (χ1) is 5.90. The molecule has 2 unspecified atom stereocenters. The first kappa shape index (κ1) is 8.13. The van der Waals surface area contributed by atoms with Crippen molar-refractivity contribution < 1.29 is 0 Å². The van der Waals surface area contributed by atoms with Crippen molar-refractivity contribution in [2.24, 2.45) is 11.8 Å². The lowest BCUT2D eigenvalue weighted by Crippen LogP contribution is -1.89. The molecule has 66 valence electrons. The molecule has 0 aromatic carbocycles. The SMILES string of the molecule is CCCC1=C=CCC2CC2CC1. The molecule has 2 aliphatic carbocycles. The van der Waals surface area contributed by atoms with Crippen molar-refractivity contribution >= 4 is 0 Å². The van der Waals surface area contributed by atoms with Crippen molar-refractivity contribution in [2.45, 2.75) is 45.4 Å². The topological polar surface area (TPSA) is 0 Å². The van der Waals surface area contributed by atoms with Gasteiger partial charge in [0.05, 0.1) is 0 Å². The van der Waals surface area contributed by atoms with Gasteiger partial charge in [-0.15, -0.1) is 5.73 Å². The molecular weight excluding hydrogens is 144 g/mol. The van der Waals surface area contributed by atoms with E-state index in [1.165, 1.54) is 38.5 Å². The molecule has 1 fully saturated rings. The number of fused-ring (bicyclic) bond motifs is 1. The summed E-state index contributed by atoms with van der Waals surface area (Å²) in [7, 11) is 0. The van der Waals surface area contributed by atoms with Crippen molar-refractivity contribution in [3.8, 4) is 0 Å². The predicted octanol–water partition coefficient (Wildman–Crippen LogP) is 3.69. The molecule has 0 aromatic rings. The second kappa shape index (κ2) is 3.49. The van der Waals surface area contributed by atoms with Crippen LogP contribution < -0.4 is 0 Å². The van der Waals surface area contributed by atoms with E-state index >= 15 is 0 Å². The average molecular weight is 162 g/mol. The molecule has 0 nitrogen and oxygen atoms in total. The molecule has 0 spiro atoms. The summed E-state index contributed by atoms with van der Waals surface area (Å²) >= 11 is 0. The summed E-state index contributed by atoms with van der Waals surface area (Å²) in [6.07, 6.45) is 10.4. The number of hydrogen-bond acceptors (Lipinski definition) is 0. The third kappa shape index (κ3) is 1.81. The van der Waals surface area contributed by atoms with Gasteiger partial charge >= 0.3 is 0 Å². The first-order valence-corrected chi connectivity index (χ1v) is 5.33. The van der Waals surface area contributed by atoms with Crippen LogP contribution in [0.1, 0.15) is 45.4 Å². The lowest BCUT2D eigenvalue weighted by Gasteiger charge is -2.04. The average Bonchev–Trinajstić information content (AvgIpc) is 2.74. The van der Waals surface area contributed by atoms with Crippen LogP contribution >= 0.6 is 0 Å². The van der Waals surface area contributed by atoms with Crippen molar-refractivity contribution in [1.29, 1.82) is 0 Å². The van der Waals surface area contributed by atoms with Gasteiger partial charge in [-0.25, -0.2) is 0 Å². The van der Waals surface area contributed by atoms with Gasteiger partial charge in [-0.05, 0) is 55.6 Å². The minimum absolute atomic E-state index is 1.04.